The molecule has 4 nitrogen and oxygen atoms in total. The molecule has 0 bridgehead atoms. The number of carbonyl (C=O) groups is 1. The van der Waals surface area contributed by atoms with Crippen molar-refractivity contribution in [3.05, 3.63) is 0 Å². The van der Waals surface area contributed by atoms with E-state index in [1.165, 1.54) is 0 Å². The van der Waals surface area contributed by atoms with E-state index >= 15 is 0 Å². The average molecular weight is 195 g/mol. The monoisotopic (exact) mass is 194 g/mol. The lowest BCUT2D eigenvalue weighted by Gasteiger charge is -2.31. The zero-order valence-corrected chi connectivity index (χ0v) is 7.64. The van der Waals surface area contributed by atoms with Gasteiger partial charge in [-0.25, -0.2) is 0 Å². The first-order valence-electron chi connectivity index (χ1n) is 3.82. The Bertz CT molecular complexity index is 167. The Labute approximate surface area is 77.7 Å². The molecular weight excluding hydrogens is 180 g/mol. The molecular formula is C7H15ClN2O2. The van der Waals surface area contributed by atoms with Crippen molar-refractivity contribution in [2.24, 2.45) is 11.5 Å². The molecule has 12 heavy (non-hydrogen) atoms. The second-order valence-electron chi connectivity index (χ2n) is 3.23. The number of halogens is 1. The van der Waals surface area contributed by atoms with Gasteiger partial charge in [0.05, 0.1) is 0 Å². The number of hydrogen-bond donors (Lipinski definition) is 3. The second kappa shape index (κ2) is 4.07. The Morgan fingerprint density at radius 3 is 2.17 bits per heavy atom. The predicted octanol–water partition coefficient (Wildman–Crippen LogP) is -0.474. The molecule has 0 unspecified atom stereocenters. The van der Waals surface area contributed by atoms with E-state index in [-0.39, 0.29) is 18.4 Å². The van der Waals surface area contributed by atoms with Gasteiger partial charge >= 0.3 is 0 Å². The summed E-state index contributed by atoms with van der Waals surface area (Å²) in [4.78, 5) is 10.7. The van der Waals surface area contributed by atoms with Crippen molar-refractivity contribution in [3.8, 4) is 0 Å². The molecule has 0 aliphatic heterocycles. The van der Waals surface area contributed by atoms with Gasteiger partial charge < -0.3 is 16.6 Å². The topological polar surface area (TPSA) is 89.3 Å². The van der Waals surface area contributed by atoms with Crippen molar-refractivity contribution < 1.29 is 9.90 Å². The molecule has 1 aliphatic rings. The molecule has 5 N–H and O–H groups in total. The summed E-state index contributed by atoms with van der Waals surface area (Å²) in [5, 5.41) is 9.54. The highest BCUT2D eigenvalue weighted by atomic mass is 35.5. The van der Waals surface area contributed by atoms with E-state index in [0.29, 0.717) is 25.7 Å². The molecule has 0 heterocycles. The highest BCUT2D eigenvalue weighted by Crippen LogP contribution is 2.26. The van der Waals surface area contributed by atoms with Crippen molar-refractivity contribution >= 4 is 18.3 Å². The quantitative estimate of drug-likeness (QED) is 0.527. The Morgan fingerprint density at radius 2 is 1.83 bits per heavy atom. The van der Waals surface area contributed by atoms with Crippen LogP contribution in [0.4, 0.5) is 0 Å². The summed E-state index contributed by atoms with van der Waals surface area (Å²) in [6, 6.07) is 0.120. The molecule has 0 aromatic carbocycles. The van der Waals surface area contributed by atoms with Crippen LogP contribution in [0.25, 0.3) is 0 Å². The Morgan fingerprint density at radius 1 is 1.42 bits per heavy atom. The molecule has 1 rings (SSSR count). The van der Waals surface area contributed by atoms with Gasteiger partial charge in [0.15, 0.2) is 0 Å². The van der Waals surface area contributed by atoms with Crippen LogP contribution in [0.1, 0.15) is 25.7 Å². The molecule has 5 heteroatoms. The highest BCUT2D eigenvalue weighted by molar-refractivity contribution is 5.85. The van der Waals surface area contributed by atoms with Crippen molar-refractivity contribution in [1.29, 1.82) is 0 Å². The maximum absolute atomic E-state index is 10.7. The van der Waals surface area contributed by atoms with Gasteiger partial charge in [0, 0.05) is 6.04 Å². The zero-order chi connectivity index (χ0) is 8.48. The van der Waals surface area contributed by atoms with Crippen LogP contribution in [-0.4, -0.2) is 22.7 Å². The van der Waals surface area contributed by atoms with Crippen molar-refractivity contribution in [1.82, 2.24) is 0 Å². The molecule has 0 aromatic heterocycles. The van der Waals surface area contributed by atoms with E-state index in [0.717, 1.165) is 0 Å². The van der Waals surface area contributed by atoms with Crippen LogP contribution < -0.4 is 11.5 Å². The third kappa shape index (κ3) is 2.33. The Kier molecular flexibility index (Phi) is 3.96. The van der Waals surface area contributed by atoms with Crippen LogP contribution in [0.15, 0.2) is 0 Å². The first-order chi connectivity index (χ1) is 5.04. The van der Waals surface area contributed by atoms with Crippen molar-refractivity contribution in [2.45, 2.75) is 37.3 Å². The van der Waals surface area contributed by atoms with E-state index in [2.05, 4.69) is 0 Å². The summed E-state index contributed by atoms with van der Waals surface area (Å²) in [5.41, 5.74) is 9.33. The third-order valence-electron chi connectivity index (χ3n) is 2.32. The fraction of sp³-hybridized carbons (Fsp3) is 0.857. The molecule has 1 aliphatic carbocycles. The van der Waals surface area contributed by atoms with Gasteiger partial charge in [0.25, 0.3) is 0 Å². The van der Waals surface area contributed by atoms with Gasteiger partial charge in [-0.1, -0.05) is 0 Å². The standard InChI is InChI=1S/C7H14N2O2.ClH/c8-5-1-3-7(11,4-2-5)6(9)10;/h5,11H,1-4,8H2,(H2,9,10);1H. The number of hydrogen-bond acceptors (Lipinski definition) is 3. The number of primary amides is 1. The van der Waals surface area contributed by atoms with E-state index in [9.17, 15) is 9.90 Å². The van der Waals surface area contributed by atoms with Crippen LogP contribution in [-0.2, 0) is 4.79 Å². The first-order valence-corrected chi connectivity index (χ1v) is 3.82. The molecule has 72 valence electrons. The Hall–Kier alpha value is -0.320. The lowest BCUT2D eigenvalue weighted by atomic mass is 9.82. The summed E-state index contributed by atoms with van der Waals surface area (Å²) < 4.78 is 0. The minimum atomic E-state index is -1.28. The number of carbonyl (C=O) groups excluding carboxylic acids is 1. The van der Waals surface area contributed by atoms with Crippen LogP contribution in [0.3, 0.4) is 0 Å². The van der Waals surface area contributed by atoms with Crippen molar-refractivity contribution in [2.75, 3.05) is 0 Å². The third-order valence-corrected chi connectivity index (χ3v) is 2.32. The summed E-state index contributed by atoms with van der Waals surface area (Å²) in [6.45, 7) is 0. The van der Waals surface area contributed by atoms with Crippen LogP contribution >= 0.6 is 12.4 Å². The molecule has 0 saturated heterocycles. The van der Waals surface area contributed by atoms with E-state index in [1.807, 2.05) is 0 Å². The van der Waals surface area contributed by atoms with Gasteiger partial charge in [0.1, 0.15) is 5.60 Å². The van der Waals surface area contributed by atoms with E-state index in [4.69, 9.17) is 11.5 Å². The number of aliphatic hydroxyl groups is 1. The molecule has 0 atom stereocenters. The SMILES string of the molecule is Cl.NC(=O)C1(O)CCC(N)CC1. The summed E-state index contributed by atoms with van der Waals surface area (Å²) in [7, 11) is 0. The highest BCUT2D eigenvalue weighted by Gasteiger charge is 2.37. The number of nitrogens with two attached hydrogens (primary N) is 2. The maximum atomic E-state index is 10.7. The minimum absolute atomic E-state index is 0. The fourth-order valence-electron chi connectivity index (χ4n) is 1.36. The fourth-order valence-corrected chi connectivity index (χ4v) is 1.36. The summed E-state index contributed by atoms with van der Waals surface area (Å²) >= 11 is 0. The van der Waals surface area contributed by atoms with Gasteiger partial charge in [-0.05, 0) is 25.7 Å². The van der Waals surface area contributed by atoms with Gasteiger partial charge in [0.2, 0.25) is 5.91 Å². The second-order valence-corrected chi connectivity index (χ2v) is 3.23. The number of amides is 1. The molecule has 1 amide bonds. The van der Waals surface area contributed by atoms with Crippen LogP contribution in [0.5, 0.6) is 0 Å². The molecule has 0 spiro atoms. The zero-order valence-electron chi connectivity index (χ0n) is 6.82. The van der Waals surface area contributed by atoms with Gasteiger partial charge in [-0.3, -0.25) is 4.79 Å². The average Bonchev–Trinajstić information content (AvgIpc) is 1.95. The predicted molar refractivity (Wildman–Crippen MR) is 47.8 cm³/mol. The number of rotatable bonds is 1. The minimum Gasteiger partial charge on any atom is -0.380 e. The smallest absolute Gasteiger partial charge is 0.249 e. The summed E-state index contributed by atoms with van der Waals surface area (Å²) in [6.07, 6.45) is 2.17. The van der Waals surface area contributed by atoms with E-state index < -0.39 is 11.5 Å². The molecule has 0 radical (unpaired) electrons. The lowest BCUT2D eigenvalue weighted by Crippen LogP contribution is -2.48. The summed E-state index contributed by atoms with van der Waals surface area (Å²) in [5.74, 6) is -0.621. The molecule has 0 aromatic rings. The van der Waals surface area contributed by atoms with Crippen molar-refractivity contribution in [3.63, 3.8) is 0 Å². The van der Waals surface area contributed by atoms with E-state index in [1.54, 1.807) is 0 Å². The molecule has 1 saturated carbocycles. The Balaban J connectivity index is 0.00000121. The largest absolute Gasteiger partial charge is 0.380 e. The van der Waals surface area contributed by atoms with Crippen LogP contribution in [0, 0.1) is 0 Å². The normalized spacial score (nSPS) is 35.3. The van der Waals surface area contributed by atoms with Gasteiger partial charge in [-0.15, -0.1) is 12.4 Å². The van der Waals surface area contributed by atoms with Crippen LogP contribution in [0.2, 0.25) is 0 Å². The van der Waals surface area contributed by atoms with Gasteiger partial charge in [-0.2, -0.15) is 0 Å². The lowest BCUT2D eigenvalue weighted by molar-refractivity contribution is -0.139. The first kappa shape index (κ1) is 11.7. The molecule has 1 fully saturated rings. The maximum Gasteiger partial charge on any atom is 0.249 e.